The number of carbonyl (C=O) groups excluding carboxylic acids is 6. The number of piperidine rings is 1. The van der Waals surface area contributed by atoms with Gasteiger partial charge in [0.2, 0.25) is 5.79 Å². The van der Waals surface area contributed by atoms with Gasteiger partial charge in [-0.15, -0.1) is 0 Å². The molecule has 4 rings (SSSR count). The number of Topliss-reactive ketones (excluding diaryl/α,β-unsaturated/α-hetero) is 3. The number of amides is 1. The lowest BCUT2D eigenvalue weighted by Crippen LogP contribution is -2.61. The number of methoxy groups -OCH3 is 3. The molecule has 4 aliphatic rings. The van der Waals surface area contributed by atoms with Crippen LogP contribution in [-0.4, -0.2) is 156 Å². The number of carbonyl (C=O) groups is 6. The van der Waals surface area contributed by atoms with E-state index in [0.717, 1.165) is 10.5 Å². The monoisotopic (exact) mass is 1030 g/mol. The number of aliphatic hydroxyl groups excluding tert-OH is 3. The molecule has 0 unspecified atom stereocenters. The van der Waals surface area contributed by atoms with E-state index in [4.69, 9.17) is 28.4 Å². The van der Waals surface area contributed by atoms with Gasteiger partial charge in [-0.2, -0.15) is 0 Å². The van der Waals surface area contributed by atoms with Gasteiger partial charge in [-0.3, -0.25) is 24.0 Å². The fourth-order valence-electron chi connectivity index (χ4n) is 10.7. The van der Waals surface area contributed by atoms with Gasteiger partial charge in [0.25, 0.3) is 11.7 Å². The first-order valence-electron chi connectivity index (χ1n) is 26.4. The van der Waals surface area contributed by atoms with Crippen LogP contribution in [0, 0.1) is 40.9 Å². The van der Waals surface area contributed by atoms with Crippen LogP contribution < -0.4 is 0 Å². The zero-order valence-corrected chi connectivity index (χ0v) is 45.3. The summed E-state index contributed by atoms with van der Waals surface area (Å²) in [6, 6.07) is -1.20. The van der Waals surface area contributed by atoms with E-state index in [-0.39, 0.29) is 42.8 Å². The summed E-state index contributed by atoms with van der Waals surface area (Å²) in [6.45, 7) is 12.7. The zero-order valence-electron chi connectivity index (χ0n) is 45.3. The summed E-state index contributed by atoms with van der Waals surface area (Å²) >= 11 is 0. The Morgan fingerprint density at radius 1 is 0.904 bits per heavy atom. The highest BCUT2D eigenvalue weighted by Crippen LogP contribution is 2.38. The summed E-state index contributed by atoms with van der Waals surface area (Å²) < 4.78 is 35.4. The number of allylic oxidation sites excluding steroid dienone is 6. The number of nitrogens with zero attached hydrogens (tertiary/aromatic N) is 1. The van der Waals surface area contributed by atoms with Crippen molar-refractivity contribution in [3.05, 3.63) is 47.6 Å². The average Bonchev–Trinajstić information content (AvgIpc) is 3.37. The predicted molar refractivity (Wildman–Crippen MR) is 271 cm³/mol. The Morgan fingerprint density at radius 2 is 1.60 bits per heavy atom. The topological polar surface area (TPSA) is 242 Å². The van der Waals surface area contributed by atoms with Crippen LogP contribution in [0.5, 0.6) is 0 Å². The maximum atomic E-state index is 14.5. The Balaban J connectivity index is 1.69. The minimum Gasteiger partial charge on any atom is -0.460 e. The largest absolute Gasteiger partial charge is 0.460 e. The fourth-order valence-corrected chi connectivity index (χ4v) is 10.7. The van der Waals surface area contributed by atoms with Crippen molar-refractivity contribution in [2.45, 2.75) is 187 Å². The van der Waals surface area contributed by atoms with Crippen molar-refractivity contribution in [3.63, 3.8) is 0 Å². The van der Waals surface area contributed by atoms with Gasteiger partial charge < -0.3 is 53.7 Å². The second-order valence-electron chi connectivity index (χ2n) is 21.8. The third-order valence-corrected chi connectivity index (χ3v) is 15.9. The van der Waals surface area contributed by atoms with Crippen LogP contribution in [0.4, 0.5) is 0 Å². The molecule has 2 bridgehead atoms. The van der Waals surface area contributed by atoms with Crippen molar-refractivity contribution in [3.8, 4) is 0 Å². The molecule has 17 nitrogen and oxygen atoms in total. The molecule has 0 aromatic heterocycles. The average molecular weight is 1030 g/mol. The van der Waals surface area contributed by atoms with Gasteiger partial charge in [-0.05, 0) is 114 Å². The molecule has 1 saturated carbocycles. The van der Waals surface area contributed by atoms with E-state index in [0.29, 0.717) is 69.8 Å². The molecule has 3 fully saturated rings. The van der Waals surface area contributed by atoms with Crippen molar-refractivity contribution < 1.29 is 77.6 Å². The molecule has 3 aliphatic heterocycles. The highest BCUT2D eigenvalue weighted by molar-refractivity contribution is 6.39. The van der Waals surface area contributed by atoms with Crippen LogP contribution in [0.25, 0.3) is 0 Å². The van der Waals surface area contributed by atoms with Crippen molar-refractivity contribution in [2.24, 2.45) is 40.9 Å². The summed E-state index contributed by atoms with van der Waals surface area (Å²) in [5.74, 6) is -9.36. The Morgan fingerprint density at radius 3 is 2.25 bits per heavy atom. The molecule has 0 aromatic carbocycles. The number of ether oxygens (including phenoxy) is 6. The number of cyclic esters (lactones) is 1. The number of hydrogen-bond donors (Lipinski definition) is 4. The summed E-state index contributed by atoms with van der Waals surface area (Å²) in [4.78, 5) is 85.4. The zero-order chi connectivity index (χ0) is 54.4. The van der Waals surface area contributed by atoms with E-state index in [2.05, 4.69) is 0 Å². The van der Waals surface area contributed by atoms with E-state index in [1.165, 1.54) is 21.1 Å². The van der Waals surface area contributed by atoms with Crippen LogP contribution >= 0.6 is 0 Å². The second-order valence-corrected chi connectivity index (χ2v) is 21.8. The van der Waals surface area contributed by atoms with E-state index in [1.807, 2.05) is 51.2 Å². The van der Waals surface area contributed by atoms with Crippen molar-refractivity contribution in [1.82, 2.24) is 4.90 Å². The summed E-state index contributed by atoms with van der Waals surface area (Å²) in [5.41, 5.74) is -0.277. The minimum atomic E-state index is -2.47. The van der Waals surface area contributed by atoms with Crippen molar-refractivity contribution >= 4 is 35.2 Å². The number of hydrogen-bond acceptors (Lipinski definition) is 16. The molecule has 73 heavy (non-hydrogen) atoms. The van der Waals surface area contributed by atoms with Crippen LogP contribution in [0.2, 0.25) is 0 Å². The highest BCUT2D eigenvalue weighted by atomic mass is 16.6. The predicted octanol–water partition coefficient (Wildman–Crippen LogP) is 5.72. The van der Waals surface area contributed by atoms with E-state index >= 15 is 0 Å². The smallest absolute Gasteiger partial charge is 0.329 e. The first-order chi connectivity index (χ1) is 34.5. The second kappa shape index (κ2) is 28.3. The van der Waals surface area contributed by atoms with Gasteiger partial charge in [0.15, 0.2) is 5.78 Å². The molecule has 4 N–H and O–H groups in total. The molecule has 0 spiro atoms. The Labute approximate surface area is 433 Å². The molecular formula is C56H87NO16. The number of fused-ring (bicyclic) bond motifs is 3. The van der Waals surface area contributed by atoms with Gasteiger partial charge >= 0.3 is 11.9 Å². The number of ketones is 3. The Bertz CT molecular complexity index is 2010. The van der Waals surface area contributed by atoms with Gasteiger partial charge in [0, 0.05) is 58.5 Å². The molecule has 3 heterocycles. The number of esters is 2. The van der Waals surface area contributed by atoms with E-state index < -0.39 is 120 Å². The van der Waals surface area contributed by atoms with Gasteiger partial charge in [-0.25, -0.2) is 4.79 Å². The minimum absolute atomic E-state index is 0.00697. The van der Waals surface area contributed by atoms with Gasteiger partial charge in [-0.1, -0.05) is 71.1 Å². The molecule has 0 aromatic rings. The standard InChI is InChI=1S/C56H87NO16/c1-33-17-13-12-14-18-34(2)45(68-9)29-41-22-20-39(7)56(67,73-41)51(63)52(64)57-24-16-15-19-42(57)53(65)71-46(30-43(60)35(3)26-38(6)49(62)50(70-11)48(61)37(5)25-33)36(4)27-40-21-23-44(47(28-40)69-10)72-54(66)55(8,31-58)32-59/h12-14,17-18,26,33,35-37,39-42,44-47,49-50,58-59,62,67H,15-16,19-25,27-32H2,1-11H3/b14-12+,17-13+,34-18+,38-26+/t33-,35-,36-,37-,39-,40-,41+,42+,44-,45+,46+,47-,49-,50+,56-/m1/s1/i10+2. The lowest BCUT2D eigenvalue weighted by atomic mass is 9.78. The van der Waals surface area contributed by atoms with Crippen molar-refractivity contribution in [2.75, 3.05) is 41.1 Å². The fraction of sp³-hybridized carbons (Fsp3) is 0.750. The van der Waals surface area contributed by atoms with Gasteiger partial charge in [0.05, 0.1) is 31.5 Å². The van der Waals surface area contributed by atoms with Crippen LogP contribution in [0.1, 0.15) is 132 Å². The van der Waals surface area contributed by atoms with Gasteiger partial charge in [0.1, 0.15) is 41.7 Å². The third-order valence-electron chi connectivity index (χ3n) is 15.9. The van der Waals surface area contributed by atoms with E-state index in [9.17, 15) is 49.2 Å². The summed E-state index contributed by atoms with van der Waals surface area (Å²) in [7, 11) is 4.43. The molecule has 2 saturated heterocycles. The van der Waals surface area contributed by atoms with Crippen molar-refractivity contribution in [1.29, 1.82) is 0 Å². The first-order valence-corrected chi connectivity index (χ1v) is 26.4. The molecule has 17 heteroatoms. The Kier molecular flexibility index (Phi) is 23.9. The maximum Gasteiger partial charge on any atom is 0.329 e. The SMILES string of the molecule is CO[C@H]1C[C@@H]2CC[C@@H](C)[C@@](O)(O2)C(=O)C(=O)N2CCCC[C@H]2C(=O)O[C@H]([C@H](C)C[C@H]2CC[C@@H](OC(=O)C(C)(CO)CO)[C@H](O[14CH3])C2)CC(=O)[C@H](C)/C=C(\C)[C@@H](O)[C@@H](OC)C(=O)[C@H](C)C[C@H](C)/C=C/C=C/C=C/1C. The molecule has 412 valence electrons. The molecule has 1 amide bonds. The normalized spacial score (nSPS) is 37.4. The first kappa shape index (κ1) is 61.6. The van der Waals surface area contributed by atoms with Crippen LogP contribution in [-0.2, 0) is 57.2 Å². The molecule has 15 atom stereocenters. The number of rotatable bonds is 10. The quantitative estimate of drug-likeness (QED) is 0.116. The van der Waals surface area contributed by atoms with Crippen LogP contribution in [0.3, 0.4) is 0 Å². The molecular weight excluding hydrogens is 945 g/mol. The van der Waals surface area contributed by atoms with Crippen LogP contribution in [0.15, 0.2) is 47.6 Å². The summed E-state index contributed by atoms with van der Waals surface area (Å²) in [5, 5.41) is 43.1. The summed E-state index contributed by atoms with van der Waals surface area (Å²) in [6.07, 6.45) is 9.76. The lowest BCUT2D eigenvalue weighted by molar-refractivity contribution is -0.265. The number of aliphatic hydroxyl groups is 4. The molecule has 1 aliphatic carbocycles. The molecule has 0 radical (unpaired) electrons. The Hall–Kier alpha value is -3.94. The third kappa shape index (κ3) is 16.0. The lowest BCUT2D eigenvalue weighted by Gasteiger charge is -2.42. The van der Waals surface area contributed by atoms with E-state index in [1.54, 1.807) is 40.9 Å². The highest BCUT2D eigenvalue weighted by Gasteiger charge is 2.53. The maximum absolute atomic E-state index is 14.5.